The lowest BCUT2D eigenvalue weighted by Gasteiger charge is -2.05. The first kappa shape index (κ1) is 8.25. The molecule has 3 heteroatoms. The van der Waals surface area contributed by atoms with Crippen molar-refractivity contribution in [3.63, 3.8) is 0 Å². The summed E-state index contributed by atoms with van der Waals surface area (Å²) in [5.74, 6) is 0. The van der Waals surface area contributed by atoms with Gasteiger partial charge >= 0.3 is 0 Å². The maximum atomic E-state index is 8.40. The van der Waals surface area contributed by atoms with E-state index in [9.17, 15) is 0 Å². The lowest BCUT2D eigenvalue weighted by Crippen LogP contribution is -2.08. The second-order valence-electron chi connectivity index (χ2n) is 2.40. The summed E-state index contributed by atoms with van der Waals surface area (Å²) in [5, 5.41) is 10.4. The van der Waals surface area contributed by atoms with E-state index in [2.05, 4.69) is 6.07 Å². The molecule has 0 aliphatic carbocycles. The molecule has 11 heavy (non-hydrogen) atoms. The fourth-order valence-electron chi connectivity index (χ4n) is 0.988. The second kappa shape index (κ2) is 3.51. The molecule has 0 unspecified atom stereocenters. The molecule has 1 aromatic rings. The molecule has 0 aliphatic heterocycles. The first-order valence-electron chi connectivity index (χ1n) is 3.42. The van der Waals surface area contributed by atoms with Gasteiger partial charge in [0, 0.05) is 10.9 Å². The van der Waals surface area contributed by atoms with E-state index >= 15 is 0 Å². The fraction of sp³-hybridized carbons (Fsp3) is 0.375. The van der Waals surface area contributed by atoms with Crippen LogP contribution >= 0.6 is 11.3 Å². The van der Waals surface area contributed by atoms with Gasteiger partial charge in [0.05, 0.1) is 12.5 Å². The number of aryl methyl sites for hydroxylation is 1. The molecule has 0 amide bonds. The number of nitriles is 1. The Morgan fingerprint density at radius 3 is 3.00 bits per heavy atom. The Morgan fingerprint density at radius 1 is 1.82 bits per heavy atom. The number of hydrogen-bond acceptors (Lipinski definition) is 3. The van der Waals surface area contributed by atoms with Crippen LogP contribution in [-0.2, 0) is 0 Å². The first-order chi connectivity index (χ1) is 5.25. The standard InChI is InChI=1S/C8H10N2S/c1-6-7(3-5-11-6)8(10)2-4-9/h3,5,8H,2,10H2,1H3/t8-/m1/s1. The van der Waals surface area contributed by atoms with Crippen molar-refractivity contribution in [2.75, 3.05) is 0 Å². The van der Waals surface area contributed by atoms with Crippen molar-refractivity contribution in [2.45, 2.75) is 19.4 Å². The van der Waals surface area contributed by atoms with Gasteiger partial charge in [-0.1, -0.05) is 0 Å². The van der Waals surface area contributed by atoms with Gasteiger partial charge in [0.15, 0.2) is 0 Å². The zero-order valence-corrected chi connectivity index (χ0v) is 7.19. The van der Waals surface area contributed by atoms with Crippen molar-refractivity contribution in [2.24, 2.45) is 5.73 Å². The molecule has 1 aromatic heterocycles. The summed E-state index contributed by atoms with van der Waals surface area (Å²) in [6, 6.07) is 3.95. The third kappa shape index (κ3) is 1.79. The Hall–Kier alpha value is -0.850. The number of rotatable bonds is 2. The topological polar surface area (TPSA) is 49.8 Å². The average Bonchev–Trinajstić information content (AvgIpc) is 2.36. The molecule has 0 saturated carbocycles. The molecule has 0 bridgehead atoms. The average molecular weight is 166 g/mol. The highest BCUT2D eigenvalue weighted by atomic mass is 32.1. The SMILES string of the molecule is Cc1sccc1[C@H](N)CC#N. The molecular weight excluding hydrogens is 156 g/mol. The molecule has 2 N–H and O–H groups in total. The monoisotopic (exact) mass is 166 g/mol. The Labute approximate surface area is 70.3 Å². The normalized spacial score (nSPS) is 12.5. The van der Waals surface area contributed by atoms with Gasteiger partial charge in [0.1, 0.15) is 0 Å². The van der Waals surface area contributed by atoms with Gasteiger partial charge in [-0.25, -0.2) is 0 Å². The summed E-state index contributed by atoms with van der Waals surface area (Å²) >= 11 is 1.67. The quantitative estimate of drug-likeness (QED) is 0.730. The van der Waals surface area contributed by atoms with E-state index in [1.165, 1.54) is 4.88 Å². The van der Waals surface area contributed by atoms with Crippen molar-refractivity contribution in [3.05, 3.63) is 21.9 Å². The van der Waals surface area contributed by atoms with Crippen LogP contribution in [0, 0.1) is 18.3 Å². The minimum atomic E-state index is -0.105. The summed E-state index contributed by atoms with van der Waals surface area (Å²) in [5.41, 5.74) is 6.84. The Kier molecular flexibility index (Phi) is 2.64. The van der Waals surface area contributed by atoms with Crippen LogP contribution in [0.1, 0.15) is 22.9 Å². The molecule has 0 aromatic carbocycles. The maximum Gasteiger partial charge on any atom is 0.0641 e. The van der Waals surface area contributed by atoms with Gasteiger partial charge in [-0.2, -0.15) is 5.26 Å². The molecule has 0 radical (unpaired) electrons. The minimum absolute atomic E-state index is 0.105. The minimum Gasteiger partial charge on any atom is -0.323 e. The van der Waals surface area contributed by atoms with Crippen LogP contribution in [0.25, 0.3) is 0 Å². The van der Waals surface area contributed by atoms with E-state index in [4.69, 9.17) is 11.0 Å². The van der Waals surface area contributed by atoms with Crippen LogP contribution in [0.5, 0.6) is 0 Å². The van der Waals surface area contributed by atoms with Crippen molar-refractivity contribution < 1.29 is 0 Å². The fourth-order valence-corrected chi connectivity index (χ4v) is 1.76. The van der Waals surface area contributed by atoms with Gasteiger partial charge < -0.3 is 5.73 Å². The third-order valence-corrected chi connectivity index (χ3v) is 2.47. The Morgan fingerprint density at radius 2 is 2.55 bits per heavy atom. The largest absolute Gasteiger partial charge is 0.323 e. The molecule has 2 nitrogen and oxygen atoms in total. The highest BCUT2D eigenvalue weighted by molar-refractivity contribution is 7.10. The summed E-state index contributed by atoms with van der Waals surface area (Å²) in [6.07, 6.45) is 0.400. The van der Waals surface area contributed by atoms with E-state index < -0.39 is 0 Å². The lowest BCUT2D eigenvalue weighted by molar-refractivity contribution is 0.747. The smallest absolute Gasteiger partial charge is 0.0641 e. The van der Waals surface area contributed by atoms with Crippen molar-refractivity contribution in [3.8, 4) is 6.07 Å². The molecule has 58 valence electrons. The Balaban J connectivity index is 2.77. The number of nitrogens with zero attached hydrogens (tertiary/aromatic N) is 1. The number of hydrogen-bond donors (Lipinski definition) is 1. The molecule has 1 rings (SSSR count). The lowest BCUT2D eigenvalue weighted by atomic mass is 10.1. The number of thiophene rings is 1. The van der Waals surface area contributed by atoms with Crippen LogP contribution < -0.4 is 5.73 Å². The zero-order chi connectivity index (χ0) is 8.27. The summed E-state index contributed by atoms with van der Waals surface area (Å²) in [4.78, 5) is 1.22. The molecule has 0 fully saturated rings. The zero-order valence-electron chi connectivity index (χ0n) is 6.37. The van der Waals surface area contributed by atoms with Gasteiger partial charge in [-0.15, -0.1) is 11.3 Å². The van der Waals surface area contributed by atoms with Crippen molar-refractivity contribution in [1.82, 2.24) is 0 Å². The highest BCUT2D eigenvalue weighted by Gasteiger charge is 2.08. The molecular formula is C8H10N2S. The van der Waals surface area contributed by atoms with E-state index in [0.717, 1.165) is 5.56 Å². The third-order valence-electron chi connectivity index (χ3n) is 1.61. The Bertz CT molecular complexity index is 272. The van der Waals surface area contributed by atoms with Crippen molar-refractivity contribution >= 4 is 11.3 Å². The molecule has 0 spiro atoms. The molecule has 1 heterocycles. The van der Waals surface area contributed by atoms with Gasteiger partial charge in [0.2, 0.25) is 0 Å². The van der Waals surface area contributed by atoms with Crippen LogP contribution in [0.15, 0.2) is 11.4 Å². The van der Waals surface area contributed by atoms with Crippen LogP contribution in [-0.4, -0.2) is 0 Å². The van der Waals surface area contributed by atoms with Crippen LogP contribution in [0.3, 0.4) is 0 Å². The molecule has 1 atom stereocenters. The summed E-state index contributed by atoms with van der Waals surface area (Å²) in [7, 11) is 0. The van der Waals surface area contributed by atoms with Gasteiger partial charge in [-0.3, -0.25) is 0 Å². The number of nitrogens with two attached hydrogens (primary N) is 1. The first-order valence-corrected chi connectivity index (χ1v) is 4.30. The van der Waals surface area contributed by atoms with Gasteiger partial charge in [0.25, 0.3) is 0 Å². The summed E-state index contributed by atoms with van der Waals surface area (Å²) < 4.78 is 0. The second-order valence-corrected chi connectivity index (χ2v) is 3.52. The maximum absolute atomic E-state index is 8.40. The van der Waals surface area contributed by atoms with E-state index in [0.29, 0.717) is 6.42 Å². The highest BCUT2D eigenvalue weighted by Crippen LogP contribution is 2.22. The van der Waals surface area contributed by atoms with Gasteiger partial charge in [-0.05, 0) is 23.9 Å². The molecule has 0 aliphatic rings. The van der Waals surface area contributed by atoms with Crippen LogP contribution in [0.2, 0.25) is 0 Å². The van der Waals surface area contributed by atoms with E-state index in [1.807, 2.05) is 18.4 Å². The predicted molar refractivity (Wildman–Crippen MR) is 46.2 cm³/mol. The molecule has 0 saturated heterocycles. The van der Waals surface area contributed by atoms with E-state index in [1.54, 1.807) is 11.3 Å². The van der Waals surface area contributed by atoms with Crippen LogP contribution in [0.4, 0.5) is 0 Å². The summed E-state index contributed by atoms with van der Waals surface area (Å²) in [6.45, 7) is 2.03. The van der Waals surface area contributed by atoms with Crippen molar-refractivity contribution in [1.29, 1.82) is 5.26 Å². The van der Waals surface area contributed by atoms with E-state index in [-0.39, 0.29) is 6.04 Å². The predicted octanol–water partition coefficient (Wildman–Crippen LogP) is 1.97.